The smallest absolute Gasteiger partial charge is 0.394 e. The molecule has 0 unspecified atom stereocenters. The van der Waals surface area contributed by atoms with Crippen LogP contribution in [0.4, 0.5) is 0 Å². The second kappa shape index (κ2) is 22.6. The van der Waals surface area contributed by atoms with Gasteiger partial charge >= 0.3 is 10.4 Å². The average molecular weight is 975 g/mol. The van der Waals surface area contributed by atoms with Crippen LogP contribution in [-0.4, -0.2) is 271 Å². The summed E-state index contributed by atoms with van der Waals surface area (Å²) in [6.07, 6.45) is -42.7. The van der Waals surface area contributed by atoms with Crippen molar-refractivity contribution in [2.45, 2.75) is 174 Å². The molecule has 30 nitrogen and oxygen atoms in total. The van der Waals surface area contributed by atoms with Gasteiger partial charge in [-0.1, -0.05) is 0 Å². The van der Waals surface area contributed by atoms with Crippen LogP contribution in [0.15, 0.2) is 0 Å². The Morgan fingerprint density at radius 1 is 0.508 bits per heavy atom. The van der Waals surface area contributed by atoms with E-state index in [4.69, 9.17) is 42.6 Å². The lowest BCUT2D eigenvalue weighted by Crippen LogP contribution is -2.69. The van der Waals surface area contributed by atoms with Gasteiger partial charge in [0, 0.05) is 13.8 Å². The summed E-state index contributed by atoms with van der Waals surface area (Å²) in [5.41, 5.74) is 0. The molecule has 5 saturated heterocycles. The van der Waals surface area contributed by atoms with Crippen molar-refractivity contribution in [3.63, 3.8) is 0 Å². The summed E-state index contributed by atoms with van der Waals surface area (Å²) in [6.45, 7) is -0.599. The summed E-state index contributed by atoms with van der Waals surface area (Å²) in [7, 11) is -5.24. The molecule has 5 aliphatic rings. The summed E-state index contributed by atoms with van der Waals surface area (Å²) in [5, 5.41) is 143. The third-order valence-corrected chi connectivity index (χ3v) is 11.7. The Labute approximate surface area is 368 Å². The van der Waals surface area contributed by atoms with E-state index < -0.39 is 202 Å². The van der Waals surface area contributed by atoms with Crippen LogP contribution in [0, 0.1) is 0 Å². The molecule has 0 aromatic heterocycles. The van der Waals surface area contributed by atoms with Crippen molar-refractivity contribution in [1.29, 1.82) is 0 Å². The number of aliphatic hydroxyl groups excluding tert-OH is 13. The highest BCUT2D eigenvalue weighted by Crippen LogP contribution is 2.35. The standard InChI is InChI=1S/C34H58N2O28S/c1-8-17(41)22(46)25(49)32(57-8)64-29-24(48)19(43)12(5-38)60-34(29)63-28-16(36-10(3)40)30(51)58-13(20(28)44)6-55-31-15(35-9(2)39)21(45)27(14(61-31)7-56-65(52,53)54)62-33-26(50)23(47)18(42)11(4-37)59-33/h8,11-34,37-38,41-51H,4-7H2,1-3H3,(H,35,39)(H,36,40)(H,52,53,54)/t8-,11+,12+,13+,14+,15+,16+,17+,18-,19-,20-,21+,22+,23-,24-,25-,26+,27+,28+,29+,30+,31+,32-,33-,34-/m0/s1. The molecule has 16 N–H and O–H groups in total. The Hall–Kier alpha value is -2.07. The van der Waals surface area contributed by atoms with Gasteiger partial charge in [0.05, 0.1) is 32.5 Å². The first-order chi connectivity index (χ1) is 30.4. The summed E-state index contributed by atoms with van der Waals surface area (Å²) < 4.78 is 87.9. The maximum absolute atomic E-state index is 12.4. The van der Waals surface area contributed by atoms with Gasteiger partial charge in [-0.05, 0) is 6.92 Å². The summed E-state index contributed by atoms with van der Waals surface area (Å²) in [5.74, 6) is -1.65. The van der Waals surface area contributed by atoms with E-state index in [9.17, 15) is 88.9 Å². The number of amides is 2. The van der Waals surface area contributed by atoms with Crippen molar-refractivity contribution in [3.8, 4) is 0 Å². The molecule has 65 heavy (non-hydrogen) atoms. The SMILES string of the molecule is CC(=O)N[C@@H]1[C@@H](O[C@@H]2O[C@H](CO)[C@H](O)[C@H](O)[C@H]2O[C@@H]2O[C@@H](C)[C@@H](O)[C@@H](O)[C@@H]2O)[C@@H](O)[C@@H](CO[C@@H]2O[C@H](COS(=O)(=O)O)[C@@H](O[C@@H]3O[C@H](CO)[C@H](O)[C@H](O)[C@H]3O)[C@H](O)[C@H]2NC(C)=O)O[C@H]1O. The number of hydrogen-bond acceptors (Lipinski definition) is 27. The van der Waals surface area contributed by atoms with Gasteiger partial charge in [0.2, 0.25) is 11.8 Å². The number of aliphatic hydroxyl groups is 13. The normalized spacial score (nSPS) is 47.5. The van der Waals surface area contributed by atoms with E-state index in [1.165, 1.54) is 6.92 Å². The maximum atomic E-state index is 12.4. The minimum absolute atomic E-state index is 0.809. The zero-order valence-electron chi connectivity index (χ0n) is 34.6. The molecule has 5 rings (SSSR count). The molecule has 378 valence electrons. The minimum atomic E-state index is -5.24. The summed E-state index contributed by atoms with van der Waals surface area (Å²) in [6, 6.07) is -3.43. The second-order valence-electron chi connectivity index (χ2n) is 16.0. The van der Waals surface area contributed by atoms with Crippen molar-refractivity contribution in [1.82, 2.24) is 10.6 Å². The third-order valence-electron chi connectivity index (χ3n) is 11.3. The topological polar surface area (TPSA) is 468 Å². The highest BCUT2D eigenvalue weighted by Gasteiger charge is 2.56. The van der Waals surface area contributed by atoms with Gasteiger partial charge in [-0.3, -0.25) is 14.1 Å². The van der Waals surface area contributed by atoms with Gasteiger partial charge in [0.25, 0.3) is 0 Å². The van der Waals surface area contributed by atoms with E-state index in [1.54, 1.807) is 0 Å². The van der Waals surface area contributed by atoms with Crippen molar-refractivity contribution in [2.75, 3.05) is 26.4 Å². The van der Waals surface area contributed by atoms with Gasteiger partial charge in [0.15, 0.2) is 31.5 Å². The molecule has 0 spiro atoms. The lowest BCUT2D eigenvalue weighted by Gasteiger charge is -2.49. The van der Waals surface area contributed by atoms with E-state index in [0.29, 0.717) is 0 Å². The van der Waals surface area contributed by atoms with Crippen LogP contribution >= 0.6 is 0 Å². The number of carbonyl (C=O) groups excluding carboxylic acids is 2. The molecule has 0 saturated carbocycles. The van der Waals surface area contributed by atoms with Crippen molar-refractivity contribution in [2.24, 2.45) is 0 Å². The van der Waals surface area contributed by atoms with Gasteiger partial charge in [0.1, 0.15) is 116 Å². The number of rotatable bonds is 16. The van der Waals surface area contributed by atoms with Crippen LogP contribution in [0.5, 0.6) is 0 Å². The third kappa shape index (κ3) is 12.6. The monoisotopic (exact) mass is 974 g/mol. The van der Waals surface area contributed by atoms with E-state index in [0.717, 1.165) is 13.8 Å². The first kappa shape index (κ1) is 53.9. The van der Waals surface area contributed by atoms with E-state index in [1.807, 2.05) is 0 Å². The zero-order chi connectivity index (χ0) is 48.4. The van der Waals surface area contributed by atoms with E-state index in [-0.39, 0.29) is 0 Å². The molecule has 31 heteroatoms. The Bertz CT molecular complexity index is 1670. The number of ether oxygens (including phenoxy) is 9. The molecule has 0 aromatic rings. The van der Waals surface area contributed by atoms with Crippen LogP contribution < -0.4 is 10.6 Å². The molecule has 2 amide bonds. The Morgan fingerprint density at radius 2 is 1.00 bits per heavy atom. The molecule has 0 aromatic carbocycles. The Morgan fingerprint density at radius 3 is 1.57 bits per heavy atom. The maximum Gasteiger partial charge on any atom is 0.397 e. The molecule has 0 bridgehead atoms. The zero-order valence-corrected chi connectivity index (χ0v) is 35.5. The van der Waals surface area contributed by atoms with Gasteiger partial charge in [-0.2, -0.15) is 8.42 Å². The van der Waals surface area contributed by atoms with Crippen LogP contribution in [0.2, 0.25) is 0 Å². The van der Waals surface area contributed by atoms with E-state index in [2.05, 4.69) is 14.8 Å². The van der Waals surface area contributed by atoms with Gasteiger partial charge in [-0.25, -0.2) is 4.18 Å². The highest BCUT2D eigenvalue weighted by molar-refractivity contribution is 7.80. The largest absolute Gasteiger partial charge is 0.397 e. The van der Waals surface area contributed by atoms with E-state index >= 15 is 0 Å². The van der Waals surface area contributed by atoms with Gasteiger partial charge in [-0.15, -0.1) is 0 Å². The molecule has 25 atom stereocenters. The average Bonchev–Trinajstić information content (AvgIpc) is 3.24. The highest BCUT2D eigenvalue weighted by atomic mass is 32.3. The minimum Gasteiger partial charge on any atom is -0.394 e. The molecule has 0 radical (unpaired) electrons. The molecular formula is C34H58N2O28S. The molecule has 5 heterocycles. The van der Waals surface area contributed by atoms with Crippen LogP contribution in [0.1, 0.15) is 20.8 Å². The number of carbonyl (C=O) groups is 2. The van der Waals surface area contributed by atoms with Crippen molar-refractivity contribution < 1.29 is 136 Å². The predicted molar refractivity (Wildman–Crippen MR) is 199 cm³/mol. The van der Waals surface area contributed by atoms with Crippen LogP contribution in [0.3, 0.4) is 0 Å². The Kier molecular flexibility index (Phi) is 18.7. The second-order valence-corrected chi connectivity index (χ2v) is 17.1. The van der Waals surface area contributed by atoms with Crippen molar-refractivity contribution >= 4 is 22.2 Å². The first-order valence-corrected chi connectivity index (χ1v) is 21.5. The molecule has 5 fully saturated rings. The summed E-state index contributed by atoms with van der Waals surface area (Å²) >= 11 is 0. The molecular weight excluding hydrogens is 916 g/mol. The van der Waals surface area contributed by atoms with Crippen LogP contribution in [-0.2, 0) is 66.8 Å². The predicted octanol–water partition coefficient (Wildman–Crippen LogP) is -10.8. The van der Waals surface area contributed by atoms with Gasteiger partial charge < -0.3 is 120 Å². The fraction of sp³-hybridized carbons (Fsp3) is 0.941. The fourth-order valence-electron chi connectivity index (χ4n) is 7.80. The molecule has 5 aliphatic heterocycles. The fourth-order valence-corrected chi connectivity index (χ4v) is 8.10. The quantitative estimate of drug-likeness (QED) is 0.0639. The summed E-state index contributed by atoms with van der Waals surface area (Å²) in [4.78, 5) is 24.7. The molecule has 0 aliphatic carbocycles. The lowest BCUT2D eigenvalue weighted by molar-refractivity contribution is -0.381. The number of nitrogens with one attached hydrogen (secondary N) is 2. The van der Waals surface area contributed by atoms with Crippen molar-refractivity contribution in [3.05, 3.63) is 0 Å². The first-order valence-electron chi connectivity index (χ1n) is 20.1. The van der Waals surface area contributed by atoms with Crippen LogP contribution in [0.25, 0.3) is 0 Å². The number of hydrogen-bond donors (Lipinski definition) is 16. The lowest BCUT2D eigenvalue weighted by atomic mass is 9.94. The Balaban J connectivity index is 1.40.